The van der Waals surface area contributed by atoms with Gasteiger partial charge in [-0.15, -0.1) is 0 Å². The molecule has 0 saturated carbocycles. The van der Waals surface area contributed by atoms with Gasteiger partial charge in [-0.05, 0) is 55.0 Å². The zero-order chi connectivity index (χ0) is 20.6. The Hall–Kier alpha value is -3.60. The molecule has 0 aliphatic heterocycles. The molecule has 0 amide bonds. The van der Waals surface area contributed by atoms with Gasteiger partial charge in [0.15, 0.2) is 6.10 Å². The van der Waals surface area contributed by atoms with E-state index in [0.717, 1.165) is 5.56 Å². The first kappa shape index (κ1) is 20.1. The van der Waals surface area contributed by atoms with E-state index in [9.17, 15) is 9.59 Å². The summed E-state index contributed by atoms with van der Waals surface area (Å²) >= 11 is 0. The van der Waals surface area contributed by atoms with Crippen molar-refractivity contribution in [2.24, 2.45) is 0 Å². The number of methoxy groups -OCH3 is 1. The quantitative estimate of drug-likeness (QED) is 0.412. The lowest BCUT2D eigenvalue weighted by Crippen LogP contribution is -2.24. The molecule has 0 N–H and O–H groups in total. The van der Waals surface area contributed by atoms with Crippen LogP contribution in [0.4, 0.5) is 0 Å². The number of ketones is 1. The Kier molecular flexibility index (Phi) is 6.63. The maximum absolute atomic E-state index is 12.5. The van der Waals surface area contributed by atoms with E-state index in [4.69, 9.17) is 14.2 Å². The predicted octanol–water partition coefficient (Wildman–Crippen LogP) is 4.70. The number of ether oxygens (including phenoxy) is 3. The normalized spacial score (nSPS) is 11.4. The number of hydrogen-bond donors (Lipinski definition) is 0. The van der Waals surface area contributed by atoms with E-state index in [1.165, 1.54) is 0 Å². The summed E-state index contributed by atoms with van der Waals surface area (Å²) in [5.41, 5.74) is 1.80. The van der Waals surface area contributed by atoms with Gasteiger partial charge in [0.25, 0.3) is 0 Å². The minimum Gasteiger partial charge on any atom is -0.497 e. The lowest BCUT2D eigenvalue weighted by molar-refractivity contribution is 0.0318. The first-order valence-electron chi connectivity index (χ1n) is 9.23. The third kappa shape index (κ3) is 5.45. The molecule has 1 atom stereocenters. The predicted molar refractivity (Wildman–Crippen MR) is 109 cm³/mol. The van der Waals surface area contributed by atoms with Gasteiger partial charge >= 0.3 is 5.97 Å². The number of esters is 1. The summed E-state index contributed by atoms with van der Waals surface area (Å²) in [6, 6.07) is 23.1. The number of Topliss-reactive ketones (excluding diaryl/α,β-unsaturated/α-hetero) is 1. The van der Waals surface area contributed by atoms with Crippen molar-refractivity contribution in [1.29, 1.82) is 0 Å². The zero-order valence-electron chi connectivity index (χ0n) is 16.3. The van der Waals surface area contributed by atoms with Crippen molar-refractivity contribution < 1.29 is 23.8 Å². The van der Waals surface area contributed by atoms with Crippen molar-refractivity contribution in [1.82, 2.24) is 0 Å². The molecule has 0 aliphatic rings. The van der Waals surface area contributed by atoms with Gasteiger partial charge in [0.2, 0.25) is 5.78 Å². The van der Waals surface area contributed by atoms with E-state index in [2.05, 4.69) is 0 Å². The van der Waals surface area contributed by atoms with Crippen LogP contribution in [-0.4, -0.2) is 25.0 Å². The molecule has 5 nitrogen and oxygen atoms in total. The third-order valence-corrected chi connectivity index (χ3v) is 4.35. The lowest BCUT2D eigenvalue weighted by atomic mass is 10.1. The van der Waals surface area contributed by atoms with Crippen LogP contribution in [0.2, 0.25) is 0 Å². The Morgan fingerprint density at radius 1 is 0.828 bits per heavy atom. The third-order valence-electron chi connectivity index (χ3n) is 4.35. The molecule has 0 aliphatic carbocycles. The molecule has 0 fully saturated rings. The van der Waals surface area contributed by atoms with E-state index in [0.29, 0.717) is 29.2 Å². The summed E-state index contributed by atoms with van der Waals surface area (Å²) in [6.07, 6.45) is -0.912. The van der Waals surface area contributed by atoms with Gasteiger partial charge in [-0.25, -0.2) is 4.79 Å². The van der Waals surface area contributed by atoms with Crippen LogP contribution >= 0.6 is 0 Å². The number of benzene rings is 3. The zero-order valence-corrected chi connectivity index (χ0v) is 16.3. The molecule has 0 bridgehead atoms. The van der Waals surface area contributed by atoms with Crippen molar-refractivity contribution in [2.45, 2.75) is 19.6 Å². The van der Waals surface area contributed by atoms with E-state index >= 15 is 0 Å². The van der Waals surface area contributed by atoms with Crippen LogP contribution in [-0.2, 0) is 11.3 Å². The largest absolute Gasteiger partial charge is 0.497 e. The minimum absolute atomic E-state index is 0.280. The van der Waals surface area contributed by atoms with Gasteiger partial charge in [0.05, 0.1) is 12.7 Å². The Morgan fingerprint density at radius 2 is 1.55 bits per heavy atom. The second-order valence-corrected chi connectivity index (χ2v) is 6.44. The molecular formula is C24H22O5. The van der Waals surface area contributed by atoms with Crippen molar-refractivity contribution in [2.75, 3.05) is 7.11 Å². The molecule has 0 unspecified atom stereocenters. The smallest absolute Gasteiger partial charge is 0.338 e. The highest BCUT2D eigenvalue weighted by Crippen LogP contribution is 2.18. The monoisotopic (exact) mass is 390 g/mol. The molecule has 3 aromatic rings. The van der Waals surface area contributed by atoms with Crippen molar-refractivity contribution in [3.8, 4) is 11.5 Å². The van der Waals surface area contributed by atoms with Gasteiger partial charge in [0.1, 0.15) is 18.1 Å². The van der Waals surface area contributed by atoms with Gasteiger partial charge in [-0.2, -0.15) is 0 Å². The molecule has 0 saturated heterocycles. The molecule has 148 valence electrons. The summed E-state index contributed by atoms with van der Waals surface area (Å²) in [5.74, 6) is 0.345. The molecule has 0 spiro atoms. The average Bonchev–Trinajstić information content (AvgIpc) is 2.78. The highest BCUT2D eigenvalue weighted by molar-refractivity contribution is 6.01. The highest BCUT2D eigenvalue weighted by atomic mass is 16.5. The van der Waals surface area contributed by atoms with Gasteiger partial charge in [-0.3, -0.25) is 4.79 Å². The second-order valence-electron chi connectivity index (χ2n) is 6.44. The Bertz CT molecular complexity index is 964. The van der Waals surface area contributed by atoms with Crippen molar-refractivity contribution in [3.63, 3.8) is 0 Å². The van der Waals surface area contributed by atoms with Gasteiger partial charge in [0, 0.05) is 5.56 Å². The van der Waals surface area contributed by atoms with Crippen molar-refractivity contribution in [3.05, 3.63) is 95.6 Å². The maximum atomic E-state index is 12.5. The van der Waals surface area contributed by atoms with E-state index in [1.807, 2.05) is 30.3 Å². The molecular weight excluding hydrogens is 368 g/mol. The Balaban J connectivity index is 1.61. The first-order chi connectivity index (χ1) is 14.1. The highest BCUT2D eigenvalue weighted by Gasteiger charge is 2.20. The fraction of sp³-hybridized carbons (Fsp3) is 0.167. The summed E-state index contributed by atoms with van der Waals surface area (Å²) in [7, 11) is 1.55. The molecule has 3 aromatic carbocycles. The van der Waals surface area contributed by atoms with Crippen LogP contribution in [0, 0.1) is 0 Å². The second kappa shape index (κ2) is 9.55. The van der Waals surface area contributed by atoms with Crippen molar-refractivity contribution >= 4 is 11.8 Å². The Morgan fingerprint density at radius 3 is 2.24 bits per heavy atom. The van der Waals surface area contributed by atoms with Crippen LogP contribution in [0.25, 0.3) is 0 Å². The molecule has 29 heavy (non-hydrogen) atoms. The molecule has 5 heteroatoms. The number of hydrogen-bond acceptors (Lipinski definition) is 5. The van der Waals surface area contributed by atoms with Crippen LogP contribution in [0.1, 0.15) is 33.2 Å². The molecule has 0 aromatic heterocycles. The standard InChI is InChI=1S/C24H22O5/c1-17(23(25)19-11-13-21(27-2)14-12-19)29-24(26)20-9-6-10-22(15-20)28-16-18-7-4-3-5-8-18/h3-15,17H,16H2,1-2H3/t17-/m1/s1. The van der Waals surface area contributed by atoms with Gasteiger partial charge < -0.3 is 14.2 Å². The van der Waals surface area contributed by atoms with Gasteiger partial charge in [-0.1, -0.05) is 36.4 Å². The fourth-order valence-electron chi connectivity index (χ4n) is 2.73. The maximum Gasteiger partial charge on any atom is 0.338 e. The first-order valence-corrected chi connectivity index (χ1v) is 9.23. The van der Waals surface area contributed by atoms with Crippen LogP contribution in [0.5, 0.6) is 11.5 Å². The van der Waals surface area contributed by atoms with Crippen LogP contribution in [0.3, 0.4) is 0 Å². The van der Waals surface area contributed by atoms with E-state index < -0.39 is 12.1 Å². The van der Waals surface area contributed by atoms with E-state index in [1.54, 1.807) is 62.6 Å². The number of rotatable bonds is 8. The topological polar surface area (TPSA) is 61.8 Å². The summed E-state index contributed by atoms with van der Waals surface area (Å²) in [5, 5.41) is 0. The SMILES string of the molecule is COc1ccc(C(=O)[C@@H](C)OC(=O)c2cccc(OCc3ccccc3)c2)cc1. The summed E-state index contributed by atoms with van der Waals surface area (Å²) in [6.45, 7) is 1.95. The number of carbonyl (C=O) groups excluding carboxylic acids is 2. The number of carbonyl (C=O) groups is 2. The van der Waals surface area contributed by atoms with Crippen LogP contribution in [0.15, 0.2) is 78.9 Å². The molecule has 3 rings (SSSR count). The average molecular weight is 390 g/mol. The molecule has 0 heterocycles. The van der Waals surface area contributed by atoms with E-state index in [-0.39, 0.29) is 5.78 Å². The Labute approximate surface area is 169 Å². The minimum atomic E-state index is -0.912. The van der Waals surface area contributed by atoms with Crippen LogP contribution < -0.4 is 9.47 Å². The fourth-order valence-corrected chi connectivity index (χ4v) is 2.73. The summed E-state index contributed by atoms with van der Waals surface area (Å²) < 4.78 is 16.2. The summed E-state index contributed by atoms with van der Waals surface area (Å²) in [4.78, 5) is 25.0. The molecule has 0 radical (unpaired) electrons. The lowest BCUT2D eigenvalue weighted by Gasteiger charge is -2.13.